The molecule has 2 aliphatic rings. The van der Waals surface area contributed by atoms with E-state index in [1.165, 1.54) is 39.1 Å². The van der Waals surface area contributed by atoms with Crippen LogP contribution in [0, 0.1) is 5.82 Å². The van der Waals surface area contributed by atoms with Crippen molar-refractivity contribution in [2.45, 2.75) is 24.9 Å². The van der Waals surface area contributed by atoms with Gasteiger partial charge in [0.25, 0.3) is 0 Å². The molecule has 13 heteroatoms. The van der Waals surface area contributed by atoms with Crippen molar-refractivity contribution in [2.24, 2.45) is 0 Å². The maximum atomic E-state index is 14.7. The highest BCUT2D eigenvalue weighted by Crippen LogP contribution is 2.26. The van der Waals surface area contributed by atoms with Crippen LogP contribution in [0.1, 0.15) is 5.69 Å². The molecule has 1 aromatic carbocycles. The molecule has 1 saturated heterocycles. The van der Waals surface area contributed by atoms with E-state index >= 15 is 0 Å². The summed E-state index contributed by atoms with van der Waals surface area (Å²) in [6.07, 6.45) is -1.61. The third-order valence-corrected chi connectivity index (χ3v) is 4.78. The van der Waals surface area contributed by atoms with Gasteiger partial charge in [-0.2, -0.15) is 13.2 Å². The lowest BCUT2D eigenvalue weighted by atomic mass is 10.2. The predicted octanol–water partition coefficient (Wildman–Crippen LogP) is 1.72. The fraction of sp³-hybridized carbons (Fsp3) is 0.389. The number of nitrogens with one attached hydrogen (secondary N) is 2. The second kappa shape index (κ2) is 8.15. The van der Waals surface area contributed by atoms with Crippen molar-refractivity contribution in [3.63, 3.8) is 0 Å². The summed E-state index contributed by atoms with van der Waals surface area (Å²) in [5.41, 5.74) is 3.05. The summed E-state index contributed by atoms with van der Waals surface area (Å²) in [6, 6.07) is 2.42. The molecule has 9 nitrogen and oxygen atoms in total. The van der Waals surface area contributed by atoms with Crippen LogP contribution in [0.2, 0.25) is 0 Å². The largest absolute Gasteiger partial charge is 0.443 e. The van der Waals surface area contributed by atoms with Crippen LogP contribution in [-0.2, 0) is 11.3 Å². The number of ether oxygens (including phenoxy) is 1. The molecule has 2 unspecified atom stereocenters. The van der Waals surface area contributed by atoms with Crippen molar-refractivity contribution in [1.29, 1.82) is 0 Å². The summed E-state index contributed by atoms with van der Waals surface area (Å²) < 4.78 is 59.3. The van der Waals surface area contributed by atoms with Crippen LogP contribution in [0.5, 0.6) is 0 Å². The van der Waals surface area contributed by atoms with Gasteiger partial charge in [-0.1, -0.05) is 5.21 Å². The van der Waals surface area contributed by atoms with Crippen molar-refractivity contribution in [1.82, 2.24) is 30.7 Å². The minimum absolute atomic E-state index is 0.00918. The number of hydrogen-bond donors (Lipinski definition) is 2. The molecule has 0 saturated carbocycles. The quantitative estimate of drug-likeness (QED) is 0.660. The Balaban J connectivity index is 1.44. The van der Waals surface area contributed by atoms with Crippen LogP contribution >= 0.6 is 0 Å². The Morgan fingerprint density at radius 1 is 1.35 bits per heavy atom. The molecule has 0 aliphatic carbocycles. The third-order valence-electron chi connectivity index (χ3n) is 4.78. The Kier molecular flexibility index (Phi) is 5.54. The van der Waals surface area contributed by atoms with Gasteiger partial charge in [-0.25, -0.2) is 19.3 Å². The zero-order chi connectivity index (χ0) is 22.2. The van der Waals surface area contributed by atoms with Crippen molar-refractivity contribution >= 4 is 11.8 Å². The average molecular weight is 441 g/mol. The summed E-state index contributed by atoms with van der Waals surface area (Å²) in [6.45, 7) is 0.784. The number of amides is 1. The van der Waals surface area contributed by atoms with Crippen LogP contribution in [0.4, 0.5) is 28.0 Å². The summed E-state index contributed by atoms with van der Waals surface area (Å²) in [5, 5.41) is 11.9. The van der Waals surface area contributed by atoms with Crippen molar-refractivity contribution < 1.29 is 27.1 Å². The van der Waals surface area contributed by atoms with Crippen LogP contribution < -0.4 is 15.6 Å². The lowest BCUT2D eigenvalue weighted by Gasteiger charge is -2.20. The lowest BCUT2D eigenvalue weighted by Crippen LogP contribution is -2.43. The number of halogens is 4. The Morgan fingerprint density at radius 2 is 2.16 bits per heavy atom. The molecule has 2 atom stereocenters. The van der Waals surface area contributed by atoms with Crippen molar-refractivity contribution in [3.05, 3.63) is 48.2 Å². The molecule has 2 aliphatic heterocycles. The van der Waals surface area contributed by atoms with E-state index in [9.17, 15) is 22.4 Å². The van der Waals surface area contributed by atoms with Gasteiger partial charge >= 0.3 is 12.3 Å². The van der Waals surface area contributed by atoms with E-state index in [2.05, 4.69) is 21.1 Å². The molecule has 0 bridgehead atoms. The molecule has 166 valence electrons. The molecule has 2 N–H and O–H groups in total. The van der Waals surface area contributed by atoms with Gasteiger partial charge < -0.3 is 15.1 Å². The number of aromatic nitrogens is 3. The molecule has 3 heterocycles. The number of carbonyl (C=O) groups excluding carboxylic acids is 1. The Hall–Kier alpha value is -3.19. The molecule has 0 spiro atoms. The van der Waals surface area contributed by atoms with Crippen molar-refractivity contribution in [2.75, 3.05) is 25.0 Å². The Morgan fingerprint density at radius 3 is 2.84 bits per heavy atom. The standard InChI is InChI=1S/C18H19F4N7O2/c1-23-7-13-10-28(17(30)31-13)12-2-3-15(14(19)6-12)29-9-11(24-26-29)8-27-5-4-16(25-27)18(20,21)22/h2-6,9,13,16,23,25H,7-8,10H2,1H3. The van der Waals surface area contributed by atoms with E-state index in [1.807, 2.05) is 0 Å². The van der Waals surface area contributed by atoms with Gasteiger partial charge in [0.15, 0.2) is 5.82 Å². The fourth-order valence-electron chi connectivity index (χ4n) is 3.31. The maximum Gasteiger partial charge on any atom is 0.414 e. The second-order valence-corrected chi connectivity index (χ2v) is 7.08. The number of anilines is 1. The normalized spacial score (nSPS) is 21.3. The SMILES string of the molecule is CNCC1CN(c2ccc(-n3cc(CN4C=CC(C(F)(F)F)N4)nn3)c(F)c2)C(=O)O1. The first-order valence-electron chi connectivity index (χ1n) is 9.36. The second-order valence-electron chi connectivity index (χ2n) is 7.08. The first kappa shape index (κ1) is 21.1. The van der Waals surface area contributed by atoms with E-state index in [0.717, 1.165) is 6.08 Å². The minimum atomic E-state index is -4.40. The molecular formula is C18H19F4N7O2. The maximum absolute atomic E-state index is 14.7. The van der Waals surface area contributed by atoms with Gasteiger partial charge in [-0.05, 0) is 31.3 Å². The number of hydrogen-bond acceptors (Lipinski definition) is 7. The fourth-order valence-corrected chi connectivity index (χ4v) is 3.31. The van der Waals surface area contributed by atoms with E-state index in [1.54, 1.807) is 13.1 Å². The minimum Gasteiger partial charge on any atom is -0.443 e. The lowest BCUT2D eigenvalue weighted by molar-refractivity contribution is -0.150. The van der Waals surface area contributed by atoms with E-state index < -0.39 is 24.1 Å². The summed E-state index contributed by atoms with van der Waals surface area (Å²) >= 11 is 0. The first-order valence-corrected chi connectivity index (χ1v) is 9.36. The summed E-state index contributed by atoms with van der Waals surface area (Å²) in [5.74, 6) is -0.643. The number of alkyl halides is 3. The number of hydrazine groups is 1. The van der Waals surface area contributed by atoms with Crippen molar-refractivity contribution in [3.8, 4) is 5.69 Å². The van der Waals surface area contributed by atoms with Gasteiger partial charge in [-0.3, -0.25) is 4.90 Å². The van der Waals surface area contributed by atoms with Crippen LogP contribution in [0.15, 0.2) is 36.7 Å². The van der Waals surface area contributed by atoms with Crippen LogP contribution in [0.3, 0.4) is 0 Å². The number of rotatable bonds is 6. The molecule has 0 radical (unpaired) electrons. The van der Waals surface area contributed by atoms with E-state index in [4.69, 9.17) is 4.74 Å². The number of benzene rings is 1. The molecule has 1 fully saturated rings. The third kappa shape index (κ3) is 4.46. The number of cyclic esters (lactones) is 1. The molecule has 1 amide bonds. The van der Waals surface area contributed by atoms with Gasteiger partial charge in [-0.15, -0.1) is 5.10 Å². The molecule has 4 rings (SSSR count). The Labute approximate surface area is 174 Å². The van der Waals surface area contributed by atoms with Gasteiger partial charge in [0.05, 0.1) is 25.0 Å². The number of nitrogens with zero attached hydrogens (tertiary/aromatic N) is 5. The smallest absolute Gasteiger partial charge is 0.414 e. The highest BCUT2D eigenvalue weighted by molar-refractivity contribution is 5.89. The van der Waals surface area contributed by atoms with Crippen LogP contribution in [0.25, 0.3) is 5.69 Å². The van der Waals surface area contributed by atoms with E-state index in [-0.39, 0.29) is 18.3 Å². The topological polar surface area (TPSA) is 87.5 Å². The number of carbonyl (C=O) groups is 1. The summed E-state index contributed by atoms with van der Waals surface area (Å²) in [7, 11) is 1.74. The summed E-state index contributed by atoms with van der Waals surface area (Å²) in [4.78, 5) is 13.4. The zero-order valence-corrected chi connectivity index (χ0v) is 16.3. The zero-order valence-electron chi connectivity index (χ0n) is 16.3. The number of likely N-dealkylation sites (N-methyl/N-ethyl adjacent to an activating group) is 1. The molecular weight excluding hydrogens is 422 g/mol. The highest BCUT2D eigenvalue weighted by atomic mass is 19.4. The van der Waals surface area contributed by atoms with Crippen LogP contribution in [-0.4, -0.2) is 64.6 Å². The van der Waals surface area contributed by atoms with Gasteiger partial charge in [0, 0.05) is 12.7 Å². The molecule has 2 aromatic rings. The molecule has 1 aromatic heterocycles. The first-order chi connectivity index (χ1) is 14.7. The predicted molar refractivity (Wildman–Crippen MR) is 101 cm³/mol. The monoisotopic (exact) mass is 441 g/mol. The highest BCUT2D eigenvalue weighted by Gasteiger charge is 2.41. The average Bonchev–Trinajstić information content (AvgIpc) is 3.42. The van der Waals surface area contributed by atoms with Gasteiger partial charge in [0.1, 0.15) is 23.5 Å². The molecule has 31 heavy (non-hydrogen) atoms. The Bertz CT molecular complexity index is 994. The van der Waals surface area contributed by atoms with Gasteiger partial charge in [0.2, 0.25) is 0 Å². The van der Waals surface area contributed by atoms with E-state index in [0.29, 0.717) is 24.5 Å².